The summed E-state index contributed by atoms with van der Waals surface area (Å²) in [6.45, 7) is 5.68. The molecule has 0 saturated heterocycles. The average Bonchev–Trinajstić information content (AvgIpc) is 2.72. The quantitative estimate of drug-likeness (QED) is 0.918. The number of thiazole rings is 1. The molecule has 19 heavy (non-hydrogen) atoms. The summed E-state index contributed by atoms with van der Waals surface area (Å²) < 4.78 is 0. The molecule has 0 unspecified atom stereocenters. The Morgan fingerprint density at radius 2 is 2.11 bits per heavy atom. The standard InChI is InChI=1S/C15H18ClNOS/c1-4-12-14(15(2,3)18)19-13(17-12)9-10-6-5-7-11(16)8-10/h5-8,18H,4,9H2,1-3H3. The number of hydrogen-bond donors (Lipinski definition) is 1. The van der Waals surface area contributed by atoms with Crippen molar-refractivity contribution in [1.29, 1.82) is 0 Å². The Morgan fingerprint density at radius 1 is 1.37 bits per heavy atom. The third-order valence-electron chi connectivity index (χ3n) is 2.88. The summed E-state index contributed by atoms with van der Waals surface area (Å²) in [6, 6.07) is 7.82. The number of halogens is 1. The van der Waals surface area contributed by atoms with Gasteiger partial charge in [-0.05, 0) is 38.0 Å². The maximum Gasteiger partial charge on any atom is 0.0976 e. The van der Waals surface area contributed by atoms with Crippen molar-refractivity contribution >= 4 is 22.9 Å². The Bertz CT molecular complexity index is 572. The third kappa shape index (κ3) is 3.56. The lowest BCUT2D eigenvalue weighted by molar-refractivity contribution is 0.0814. The molecule has 0 amide bonds. The Labute approximate surface area is 123 Å². The highest BCUT2D eigenvalue weighted by Gasteiger charge is 2.23. The highest BCUT2D eigenvalue weighted by Crippen LogP contribution is 2.31. The Kier molecular flexibility index (Phi) is 4.29. The van der Waals surface area contributed by atoms with Gasteiger partial charge in [-0.25, -0.2) is 4.98 Å². The molecule has 102 valence electrons. The number of aromatic nitrogens is 1. The van der Waals surface area contributed by atoms with Gasteiger partial charge in [0.2, 0.25) is 0 Å². The predicted octanol–water partition coefficient (Wildman–Crippen LogP) is 4.18. The molecule has 4 heteroatoms. The highest BCUT2D eigenvalue weighted by atomic mass is 35.5. The van der Waals surface area contributed by atoms with Gasteiger partial charge in [0.15, 0.2) is 0 Å². The van der Waals surface area contributed by atoms with E-state index in [9.17, 15) is 5.11 Å². The van der Waals surface area contributed by atoms with Gasteiger partial charge in [-0.3, -0.25) is 0 Å². The fourth-order valence-electron chi connectivity index (χ4n) is 2.02. The molecule has 0 aliphatic rings. The van der Waals surface area contributed by atoms with Crippen LogP contribution in [-0.4, -0.2) is 10.1 Å². The normalized spacial score (nSPS) is 11.8. The van der Waals surface area contributed by atoms with Gasteiger partial charge < -0.3 is 5.11 Å². The second kappa shape index (κ2) is 5.61. The lowest BCUT2D eigenvalue weighted by atomic mass is 10.1. The molecule has 1 N–H and O–H groups in total. The lowest BCUT2D eigenvalue weighted by Crippen LogP contribution is -2.15. The minimum Gasteiger partial charge on any atom is -0.385 e. The van der Waals surface area contributed by atoms with Crippen LogP contribution >= 0.6 is 22.9 Å². The summed E-state index contributed by atoms with van der Waals surface area (Å²) in [5.74, 6) is 0. The third-order valence-corrected chi connectivity index (χ3v) is 4.52. The Morgan fingerprint density at radius 3 is 2.63 bits per heavy atom. The largest absolute Gasteiger partial charge is 0.385 e. The van der Waals surface area contributed by atoms with Crippen LogP contribution in [0.1, 0.15) is 41.9 Å². The molecule has 1 aromatic carbocycles. The SMILES string of the molecule is CCc1nc(Cc2cccc(Cl)c2)sc1C(C)(C)O. The first-order chi connectivity index (χ1) is 8.90. The maximum atomic E-state index is 10.2. The zero-order chi connectivity index (χ0) is 14.0. The van der Waals surface area contributed by atoms with E-state index in [1.54, 1.807) is 11.3 Å². The molecule has 0 bridgehead atoms. The first-order valence-corrected chi connectivity index (χ1v) is 7.55. The first kappa shape index (κ1) is 14.5. The smallest absolute Gasteiger partial charge is 0.0976 e. The minimum atomic E-state index is -0.824. The van der Waals surface area contributed by atoms with Crippen LogP contribution in [0.5, 0.6) is 0 Å². The number of aryl methyl sites for hydroxylation is 1. The molecule has 0 aliphatic heterocycles. The number of aliphatic hydroxyl groups is 1. The van der Waals surface area contributed by atoms with Crippen molar-refractivity contribution in [2.45, 2.75) is 39.2 Å². The van der Waals surface area contributed by atoms with E-state index in [1.807, 2.05) is 38.1 Å². The van der Waals surface area contributed by atoms with Crippen molar-refractivity contribution in [1.82, 2.24) is 4.98 Å². The maximum absolute atomic E-state index is 10.2. The van der Waals surface area contributed by atoms with Crippen LogP contribution in [0.4, 0.5) is 0 Å². The molecular weight excluding hydrogens is 278 g/mol. The van der Waals surface area contributed by atoms with Crippen LogP contribution in [-0.2, 0) is 18.4 Å². The molecule has 0 aliphatic carbocycles. The van der Waals surface area contributed by atoms with E-state index in [2.05, 4.69) is 11.9 Å². The van der Waals surface area contributed by atoms with Crippen LogP contribution in [0.25, 0.3) is 0 Å². The zero-order valence-corrected chi connectivity index (χ0v) is 13.0. The van der Waals surface area contributed by atoms with Crippen molar-refractivity contribution in [3.05, 3.63) is 50.4 Å². The van der Waals surface area contributed by atoms with Gasteiger partial charge in [0, 0.05) is 11.4 Å². The van der Waals surface area contributed by atoms with Crippen molar-refractivity contribution in [2.75, 3.05) is 0 Å². The summed E-state index contributed by atoms with van der Waals surface area (Å²) in [7, 11) is 0. The van der Waals surface area contributed by atoms with Gasteiger partial charge in [-0.15, -0.1) is 11.3 Å². The topological polar surface area (TPSA) is 33.1 Å². The molecule has 0 fully saturated rings. The van der Waals surface area contributed by atoms with E-state index in [1.165, 1.54) is 0 Å². The van der Waals surface area contributed by atoms with Crippen LogP contribution in [0, 0.1) is 0 Å². The van der Waals surface area contributed by atoms with Crippen LogP contribution in [0.3, 0.4) is 0 Å². The lowest BCUT2D eigenvalue weighted by Gasteiger charge is -2.15. The fraction of sp³-hybridized carbons (Fsp3) is 0.400. The summed E-state index contributed by atoms with van der Waals surface area (Å²) in [6.07, 6.45) is 1.60. The monoisotopic (exact) mass is 295 g/mol. The van der Waals surface area contributed by atoms with E-state index < -0.39 is 5.60 Å². The number of rotatable bonds is 4. The molecular formula is C15H18ClNOS. The molecule has 2 rings (SSSR count). The molecule has 2 aromatic rings. The van der Waals surface area contributed by atoms with Crippen LogP contribution < -0.4 is 0 Å². The van der Waals surface area contributed by atoms with E-state index in [4.69, 9.17) is 11.6 Å². The summed E-state index contributed by atoms with van der Waals surface area (Å²) >= 11 is 7.58. The van der Waals surface area contributed by atoms with Crippen LogP contribution in [0.15, 0.2) is 24.3 Å². The molecule has 0 saturated carbocycles. The van der Waals surface area contributed by atoms with Crippen molar-refractivity contribution in [3.8, 4) is 0 Å². The molecule has 0 spiro atoms. The second-order valence-corrected chi connectivity index (χ2v) is 6.62. The van der Waals surface area contributed by atoms with E-state index in [-0.39, 0.29) is 0 Å². The summed E-state index contributed by atoms with van der Waals surface area (Å²) in [5, 5.41) is 11.9. The van der Waals surface area contributed by atoms with E-state index in [0.29, 0.717) is 0 Å². The second-order valence-electron chi connectivity index (χ2n) is 5.10. The van der Waals surface area contributed by atoms with Gasteiger partial charge >= 0.3 is 0 Å². The van der Waals surface area contributed by atoms with E-state index in [0.717, 1.165) is 39.0 Å². The molecule has 0 atom stereocenters. The molecule has 1 aromatic heterocycles. The van der Waals surface area contributed by atoms with Gasteiger partial charge in [0.05, 0.1) is 21.2 Å². The Balaban J connectivity index is 2.29. The Hall–Kier alpha value is -0.900. The van der Waals surface area contributed by atoms with Crippen molar-refractivity contribution < 1.29 is 5.11 Å². The highest BCUT2D eigenvalue weighted by molar-refractivity contribution is 7.11. The predicted molar refractivity (Wildman–Crippen MR) is 81.0 cm³/mol. The van der Waals surface area contributed by atoms with Gasteiger partial charge in [-0.1, -0.05) is 30.7 Å². The molecule has 2 nitrogen and oxygen atoms in total. The van der Waals surface area contributed by atoms with Crippen LogP contribution in [0.2, 0.25) is 5.02 Å². The van der Waals surface area contributed by atoms with E-state index >= 15 is 0 Å². The van der Waals surface area contributed by atoms with Gasteiger partial charge in [0.1, 0.15) is 0 Å². The average molecular weight is 296 g/mol. The van der Waals surface area contributed by atoms with Gasteiger partial charge in [-0.2, -0.15) is 0 Å². The molecule has 0 radical (unpaired) electrons. The van der Waals surface area contributed by atoms with Gasteiger partial charge in [0.25, 0.3) is 0 Å². The first-order valence-electron chi connectivity index (χ1n) is 6.36. The fourth-order valence-corrected chi connectivity index (χ4v) is 3.42. The van der Waals surface area contributed by atoms with Crippen molar-refractivity contribution in [2.24, 2.45) is 0 Å². The van der Waals surface area contributed by atoms with Crippen molar-refractivity contribution in [3.63, 3.8) is 0 Å². The minimum absolute atomic E-state index is 0.743. The zero-order valence-electron chi connectivity index (χ0n) is 11.4. The number of nitrogens with zero attached hydrogens (tertiary/aromatic N) is 1. The summed E-state index contributed by atoms with van der Waals surface area (Å²) in [5.41, 5.74) is 1.32. The molecule has 1 heterocycles. The summed E-state index contributed by atoms with van der Waals surface area (Å²) in [4.78, 5) is 5.60. The number of hydrogen-bond acceptors (Lipinski definition) is 3. The number of benzene rings is 1.